The molecule has 0 radical (unpaired) electrons. The Hall–Kier alpha value is -1.20. The summed E-state index contributed by atoms with van der Waals surface area (Å²) >= 11 is 0. The van der Waals surface area contributed by atoms with Gasteiger partial charge in [-0.25, -0.2) is 12.8 Å². The fraction of sp³-hybridized carbons (Fsp3) is 0.429. The van der Waals surface area contributed by atoms with Crippen LogP contribution < -0.4 is 0 Å². The second kappa shape index (κ2) is 5.43. The highest BCUT2D eigenvalue weighted by atomic mass is 32.2. The van der Waals surface area contributed by atoms with Crippen LogP contribution in [0.4, 0.5) is 4.39 Å². The fourth-order valence-electron chi connectivity index (χ4n) is 2.49. The smallest absolute Gasteiger partial charge is 0.172 e. The van der Waals surface area contributed by atoms with Crippen LogP contribution in [-0.4, -0.2) is 32.2 Å². The third kappa shape index (κ3) is 3.22. The van der Waals surface area contributed by atoms with Crippen LogP contribution in [0.2, 0.25) is 0 Å². The quantitative estimate of drug-likeness (QED) is 0.851. The third-order valence-corrected chi connectivity index (χ3v) is 4.95. The van der Waals surface area contributed by atoms with Crippen LogP contribution in [0.3, 0.4) is 0 Å². The van der Waals surface area contributed by atoms with E-state index in [1.54, 1.807) is 12.1 Å². The number of fused-ring (bicyclic) bond motifs is 1. The Labute approximate surface area is 113 Å². The zero-order chi connectivity index (χ0) is 14.0. The maximum atomic E-state index is 13.2. The molecule has 1 unspecified atom stereocenters. The Balaban J connectivity index is 2.11. The second-order valence-corrected chi connectivity index (χ2v) is 6.91. The maximum absolute atomic E-state index is 13.2. The number of nitrogens with zero attached hydrogens (tertiary/aromatic N) is 1. The fourth-order valence-corrected chi connectivity index (χ4v) is 3.14. The van der Waals surface area contributed by atoms with Crippen molar-refractivity contribution < 1.29 is 12.8 Å². The molecule has 0 spiro atoms. The van der Waals surface area contributed by atoms with Gasteiger partial charge in [0.1, 0.15) is 5.82 Å². The summed E-state index contributed by atoms with van der Waals surface area (Å²) in [6, 6.07) is 4.94. The summed E-state index contributed by atoms with van der Waals surface area (Å²) in [5.41, 5.74) is 2.11. The van der Waals surface area contributed by atoms with Crippen molar-refractivity contribution in [1.29, 1.82) is 0 Å². The molecule has 1 atom stereocenters. The van der Waals surface area contributed by atoms with Crippen molar-refractivity contribution in [2.24, 2.45) is 0 Å². The molecule has 1 aliphatic rings. The van der Waals surface area contributed by atoms with Gasteiger partial charge in [-0.2, -0.15) is 0 Å². The van der Waals surface area contributed by atoms with Crippen molar-refractivity contribution in [2.45, 2.75) is 19.4 Å². The minimum absolute atomic E-state index is 0.0807. The average molecular weight is 283 g/mol. The summed E-state index contributed by atoms with van der Waals surface area (Å²) < 4.78 is 36.1. The first-order valence-electron chi connectivity index (χ1n) is 6.30. The van der Waals surface area contributed by atoms with E-state index in [0.717, 1.165) is 29.5 Å². The highest BCUT2D eigenvalue weighted by molar-refractivity contribution is 7.94. The van der Waals surface area contributed by atoms with Crippen LogP contribution >= 0.6 is 0 Å². The molecule has 0 saturated heterocycles. The predicted octanol–water partition coefficient (Wildman–Crippen LogP) is 2.30. The van der Waals surface area contributed by atoms with Crippen molar-refractivity contribution in [2.75, 3.05) is 18.8 Å². The number of sulfone groups is 1. The van der Waals surface area contributed by atoms with Crippen LogP contribution in [0.1, 0.15) is 24.1 Å². The standard InChI is InChI=1S/C14H18FNO2S/c1-3-19(17,18)9-8-16-7-6-12-10-13(15)4-5-14(12)11(16)2/h3-5,10-11H,1,6-9H2,2H3. The van der Waals surface area contributed by atoms with Gasteiger partial charge in [-0.15, -0.1) is 0 Å². The summed E-state index contributed by atoms with van der Waals surface area (Å²) in [6.07, 6.45) is 0.756. The first-order valence-corrected chi connectivity index (χ1v) is 8.02. The number of hydrogen-bond acceptors (Lipinski definition) is 3. The van der Waals surface area contributed by atoms with Gasteiger partial charge < -0.3 is 0 Å². The Kier molecular flexibility index (Phi) is 4.06. The van der Waals surface area contributed by atoms with E-state index >= 15 is 0 Å². The van der Waals surface area contributed by atoms with Gasteiger partial charge in [0.05, 0.1) is 5.75 Å². The SMILES string of the molecule is C=CS(=O)(=O)CCN1CCc2cc(F)ccc2C1C. The molecule has 0 amide bonds. The Morgan fingerprint density at radius 2 is 2.26 bits per heavy atom. The first-order chi connectivity index (χ1) is 8.93. The molecule has 0 N–H and O–H groups in total. The number of rotatable bonds is 4. The molecule has 3 nitrogen and oxygen atoms in total. The Bertz CT molecular complexity index is 583. The molecule has 0 saturated carbocycles. The monoisotopic (exact) mass is 283 g/mol. The predicted molar refractivity (Wildman–Crippen MR) is 74.1 cm³/mol. The van der Waals surface area contributed by atoms with Crippen LogP contribution in [-0.2, 0) is 16.3 Å². The third-order valence-electron chi connectivity index (χ3n) is 3.69. The lowest BCUT2D eigenvalue weighted by Crippen LogP contribution is -2.37. The summed E-state index contributed by atoms with van der Waals surface area (Å²) in [5.74, 6) is -0.134. The highest BCUT2D eigenvalue weighted by Crippen LogP contribution is 2.29. The minimum atomic E-state index is -3.16. The molecule has 19 heavy (non-hydrogen) atoms. The van der Waals surface area contributed by atoms with Gasteiger partial charge >= 0.3 is 0 Å². The largest absolute Gasteiger partial charge is 0.295 e. The van der Waals surface area contributed by atoms with Gasteiger partial charge in [0.15, 0.2) is 9.84 Å². The topological polar surface area (TPSA) is 37.4 Å². The van der Waals surface area contributed by atoms with Gasteiger partial charge in [0.25, 0.3) is 0 Å². The van der Waals surface area contributed by atoms with E-state index in [2.05, 4.69) is 11.5 Å². The van der Waals surface area contributed by atoms with Crippen LogP contribution in [0.25, 0.3) is 0 Å². The summed E-state index contributed by atoms with van der Waals surface area (Å²) in [6.45, 7) is 6.57. The zero-order valence-corrected chi connectivity index (χ0v) is 11.8. The molecule has 0 fully saturated rings. The molecule has 5 heteroatoms. The van der Waals surface area contributed by atoms with Crippen molar-refractivity contribution >= 4 is 9.84 Å². The van der Waals surface area contributed by atoms with Crippen LogP contribution in [0.15, 0.2) is 30.2 Å². The number of benzene rings is 1. The molecule has 1 aliphatic heterocycles. The van der Waals surface area contributed by atoms with E-state index in [-0.39, 0.29) is 17.6 Å². The van der Waals surface area contributed by atoms with Crippen molar-refractivity contribution in [3.8, 4) is 0 Å². The van der Waals surface area contributed by atoms with Crippen molar-refractivity contribution in [3.63, 3.8) is 0 Å². The summed E-state index contributed by atoms with van der Waals surface area (Å²) in [5, 5.41) is 1.00. The second-order valence-electron chi connectivity index (χ2n) is 4.84. The van der Waals surface area contributed by atoms with E-state index in [4.69, 9.17) is 0 Å². The van der Waals surface area contributed by atoms with Gasteiger partial charge in [0.2, 0.25) is 0 Å². The molecular formula is C14H18FNO2S. The Morgan fingerprint density at radius 3 is 2.95 bits per heavy atom. The van der Waals surface area contributed by atoms with E-state index in [1.165, 1.54) is 6.07 Å². The number of hydrogen-bond donors (Lipinski definition) is 0. The van der Waals surface area contributed by atoms with Crippen molar-refractivity contribution in [3.05, 3.63) is 47.1 Å². The Morgan fingerprint density at radius 1 is 1.53 bits per heavy atom. The van der Waals surface area contributed by atoms with E-state index in [0.29, 0.717) is 6.54 Å². The molecule has 1 aromatic carbocycles. The van der Waals surface area contributed by atoms with E-state index in [1.807, 2.05) is 6.92 Å². The molecule has 0 aromatic heterocycles. The molecule has 1 aromatic rings. The zero-order valence-electron chi connectivity index (χ0n) is 11.0. The number of halogens is 1. The molecule has 104 valence electrons. The maximum Gasteiger partial charge on any atom is 0.172 e. The van der Waals surface area contributed by atoms with Crippen LogP contribution in [0.5, 0.6) is 0 Å². The lowest BCUT2D eigenvalue weighted by atomic mass is 9.93. The minimum Gasteiger partial charge on any atom is -0.295 e. The average Bonchev–Trinajstić information content (AvgIpc) is 2.38. The first kappa shape index (κ1) is 14.2. The lowest BCUT2D eigenvalue weighted by Gasteiger charge is -2.35. The molecular weight excluding hydrogens is 265 g/mol. The summed E-state index contributed by atoms with van der Waals surface area (Å²) in [7, 11) is -3.16. The highest BCUT2D eigenvalue weighted by Gasteiger charge is 2.24. The van der Waals surface area contributed by atoms with Crippen LogP contribution in [0, 0.1) is 5.82 Å². The van der Waals surface area contributed by atoms with Crippen molar-refractivity contribution in [1.82, 2.24) is 4.90 Å². The van der Waals surface area contributed by atoms with Gasteiger partial charge in [-0.1, -0.05) is 12.6 Å². The van der Waals surface area contributed by atoms with E-state index < -0.39 is 9.84 Å². The lowest BCUT2D eigenvalue weighted by molar-refractivity contribution is 0.210. The van der Waals surface area contributed by atoms with Gasteiger partial charge in [-0.3, -0.25) is 4.90 Å². The molecule has 0 aliphatic carbocycles. The van der Waals surface area contributed by atoms with Gasteiger partial charge in [0, 0.05) is 24.5 Å². The normalized spacial score (nSPS) is 20.0. The molecule has 0 bridgehead atoms. The molecule has 2 rings (SSSR count). The van der Waals surface area contributed by atoms with Gasteiger partial charge in [-0.05, 0) is 36.6 Å². The summed E-state index contributed by atoms with van der Waals surface area (Å²) in [4.78, 5) is 2.11. The van der Waals surface area contributed by atoms with E-state index in [9.17, 15) is 12.8 Å². The molecule has 1 heterocycles.